The molecule has 42 heavy (non-hydrogen) atoms. The summed E-state index contributed by atoms with van der Waals surface area (Å²) in [5.41, 5.74) is 4.77. The fourth-order valence-corrected chi connectivity index (χ4v) is 6.50. The first-order valence-electron chi connectivity index (χ1n) is 14.5. The summed E-state index contributed by atoms with van der Waals surface area (Å²) in [6.45, 7) is 0.782. The van der Waals surface area contributed by atoms with Gasteiger partial charge in [0.2, 0.25) is 11.8 Å². The highest BCUT2D eigenvalue weighted by Crippen LogP contribution is 2.39. The van der Waals surface area contributed by atoms with Crippen LogP contribution in [0.5, 0.6) is 0 Å². The van der Waals surface area contributed by atoms with E-state index < -0.39 is 28.6 Å². The Hall–Kier alpha value is -4.02. The van der Waals surface area contributed by atoms with Gasteiger partial charge in [0.05, 0.1) is 18.7 Å². The maximum atomic E-state index is 14.1. The van der Waals surface area contributed by atoms with Crippen molar-refractivity contribution in [3.63, 3.8) is 0 Å². The van der Waals surface area contributed by atoms with Crippen molar-refractivity contribution in [2.45, 2.75) is 62.9 Å². The van der Waals surface area contributed by atoms with E-state index in [1.165, 1.54) is 12.8 Å². The molecule has 3 aliphatic rings. The lowest BCUT2D eigenvalue weighted by Crippen LogP contribution is -2.57. The molecule has 1 saturated carbocycles. The molecule has 11 heteroatoms. The lowest BCUT2D eigenvalue weighted by molar-refractivity contribution is -0.139. The van der Waals surface area contributed by atoms with Crippen molar-refractivity contribution in [3.05, 3.63) is 71.6 Å². The first-order chi connectivity index (χ1) is 20.2. The van der Waals surface area contributed by atoms with Gasteiger partial charge in [0.1, 0.15) is 23.7 Å². The predicted molar refractivity (Wildman–Crippen MR) is 152 cm³/mol. The molecular weight excluding hydrogens is 544 g/mol. The van der Waals surface area contributed by atoms with E-state index in [0.29, 0.717) is 18.9 Å². The molecular formula is C31H36F2N5O4. The number of hydrogen-bond acceptors (Lipinski definition) is 5. The highest BCUT2D eigenvalue weighted by Gasteiger charge is 2.54. The van der Waals surface area contributed by atoms with Crippen molar-refractivity contribution in [3.8, 4) is 0 Å². The number of likely N-dealkylation sites (tertiary alicyclic amines) is 1. The van der Waals surface area contributed by atoms with Gasteiger partial charge in [-0.2, -0.15) is 0 Å². The summed E-state index contributed by atoms with van der Waals surface area (Å²) in [6, 6.07) is 11.3. The second-order valence-electron chi connectivity index (χ2n) is 11.4. The highest BCUT2D eigenvalue weighted by atomic mass is 19.1. The average Bonchev–Trinajstić information content (AvgIpc) is 3.22. The SMILES string of the molecule is NC(=O)c1c(F)cc(F)cc1C[CH]C(=O)N1CCC2(CC1)C(=O)N(CC(=O)NC1CCCCC1)CN2c1ccccc1. The molecule has 4 amide bonds. The minimum Gasteiger partial charge on any atom is -0.365 e. The van der Waals surface area contributed by atoms with Crippen LogP contribution in [0.3, 0.4) is 0 Å². The molecule has 0 aromatic heterocycles. The van der Waals surface area contributed by atoms with E-state index in [0.717, 1.165) is 37.4 Å². The molecule has 3 fully saturated rings. The first-order valence-corrected chi connectivity index (χ1v) is 14.5. The van der Waals surface area contributed by atoms with Gasteiger partial charge in [0.25, 0.3) is 11.8 Å². The largest absolute Gasteiger partial charge is 0.365 e. The molecule has 5 rings (SSSR count). The summed E-state index contributed by atoms with van der Waals surface area (Å²) in [6.07, 6.45) is 7.08. The van der Waals surface area contributed by atoms with Crippen LogP contribution in [0.15, 0.2) is 42.5 Å². The Kier molecular flexibility index (Phi) is 8.74. The Morgan fingerprint density at radius 1 is 1.02 bits per heavy atom. The minimum atomic E-state index is -1.07. The van der Waals surface area contributed by atoms with Gasteiger partial charge in [-0.25, -0.2) is 8.78 Å². The molecule has 3 N–H and O–H groups in total. The maximum absolute atomic E-state index is 14.1. The van der Waals surface area contributed by atoms with E-state index in [1.54, 1.807) is 9.80 Å². The van der Waals surface area contributed by atoms with Gasteiger partial charge in [-0.15, -0.1) is 0 Å². The third-order valence-electron chi connectivity index (χ3n) is 8.67. The number of hydrogen-bond donors (Lipinski definition) is 2. The van der Waals surface area contributed by atoms with Crippen molar-refractivity contribution < 1.29 is 28.0 Å². The molecule has 0 bridgehead atoms. The first kappa shape index (κ1) is 29.5. The van der Waals surface area contributed by atoms with Crippen LogP contribution in [0.1, 0.15) is 60.9 Å². The Morgan fingerprint density at radius 3 is 2.38 bits per heavy atom. The molecule has 2 heterocycles. The lowest BCUT2D eigenvalue weighted by atomic mass is 9.85. The van der Waals surface area contributed by atoms with Crippen molar-refractivity contribution in [2.24, 2.45) is 5.73 Å². The van der Waals surface area contributed by atoms with E-state index in [2.05, 4.69) is 5.32 Å². The van der Waals surface area contributed by atoms with Crippen LogP contribution in [0.25, 0.3) is 0 Å². The lowest BCUT2D eigenvalue weighted by Gasteiger charge is -2.43. The quantitative estimate of drug-likeness (QED) is 0.498. The van der Waals surface area contributed by atoms with Crippen LogP contribution in [0, 0.1) is 18.1 Å². The molecule has 9 nitrogen and oxygen atoms in total. The summed E-state index contributed by atoms with van der Waals surface area (Å²) >= 11 is 0. The number of carbonyl (C=O) groups is 4. The van der Waals surface area contributed by atoms with Crippen LogP contribution in [-0.2, 0) is 20.8 Å². The third kappa shape index (κ3) is 6.10. The van der Waals surface area contributed by atoms with Gasteiger partial charge in [-0.05, 0) is 55.9 Å². The summed E-state index contributed by atoms with van der Waals surface area (Å²) in [5.74, 6) is -3.65. The van der Waals surface area contributed by atoms with Crippen molar-refractivity contribution in [1.82, 2.24) is 15.1 Å². The zero-order valence-corrected chi connectivity index (χ0v) is 23.5. The zero-order chi connectivity index (χ0) is 29.9. The average molecular weight is 581 g/mol. The Balaban J connectivity index is 1.26. The second kappa shape index (κ2) is 12.5. The number of halogens is 2. The molecule has 0 unspecified atom stereocenters. The number of amides is 4. The zero-order valence-electron chi connectivity index (χ0n) is 23.5. The van der Waals surface area contributed by atoms with Gasteiger partial charge in [-0.1, -0.05) is 37.5 Å². The second-order valence-corrected chi connectivity index (χ2v) is 11.4. The van der Waals surface area contributed by atoms with Gasteiger partial charge in [0, 0.05) is 30.9 Å². The van der Waals surface area contributed by atoms with E-state index >= 15 is 0 Å². The molecule has 2 aromatic carbocycles. The molecule has 2 aromatic rings. The van der Waals surface area contributed by atoms with Gasteiger partial charge in [-0.3, -0.25) is 19.2 Å². The fraction of sp³-hybridized carbons (Fsp3) is 0.452. The van der Waals surface area contributed by atoms with Crippen LogP contribution in [0.4, 0.5) is 14.5 Å². The van der Waals surface area contributed by atoms with Crippen LogP contribution >= 0.6 is 0 Å². The number of nitrogens with zero attached hydrogens (tertiary/aromatic N) is 3. The van der Waals surface area contributed by atoms with E-state index in [9.17, 15) is 28.0 Å². The van der Waals surface area contributed by atoms with E-state index in [4.69, 9.17) is 5.73 Å². The van der Waals surface area contributed by atoms with Gasteiger partial charge in [0.15, 0.2) is 0 Å². The maximum Gasteiger partial charge on any atom is 0.251 e. The number of primary amides is 1. The van der Waals surface area contributed by atoms with E-state index in [1.807, 2.05) is 35.2 Å². The summed E-state index contributed by atoms with van der Waals surface area (Å²) < 4.78 is 27.9. The number of carbonyl (C=O) groups excluding carboxylic acids is 4. The highest BCUT2D eigenvalue weighted by molar-refractivity contribution is 5.97. The molecule has 1 aliphatic carbocycles. The third-order valence-corrected chi connectivity index (χ3v) is 8.67. The fourth-order valence-electron chi connectivity index (χ4n) is 6.50. The predicted octanol–water partition coefficient (Wildman–Crippen LogP) is 2.93. The summed E-state index contributed by atoms with van der Waals surface area (Å²) in [5, 5.41) is 3.10. The number of piperidine rings is 1. The molecule has 1 spiro atoms. The standard InChI is InChI=1S/C31H36F2N5O4/c32-22-17-21(28(29(34)41)25(33)18-22)11-12-27(40)36-15-13-31(14-16-36)30(42)37(20-38(31)24-9-5-2-6-10-24)19-26(39)35-23-7-3-1-4-8-23/h2,5-6,9-10,12,17-18,23H,1,3-4,7-8,11,13-16,19-20H2,(H2,34,41)(H,35,39). The van der Waals surface area contributed by atoms with Crippen molar-refractivity contribution in [2.75, 3.05) is 31.2 Å². The molecule has 2 aliphatic heterocycles. The molecule has 1 radical (unpaired) electrons. The molecule has 2 saturated heterocycles. The van der Waals surface area contributed by atoms with Crippen LogP contribution in [-0.4, -0.2) is 71.3 Å². The number of para-hydroxylation sites is 1. The smallest absolute Gasteiger partial charge is 0.251 e. The Bertz CT molecular complexity index is 1340. The van der Waals surface area contributed by atoms with Crippen LogP contribution < -0.4 is 16.0 Å². The Labute approximate surface area is 244 Å². The number of nitrogens with two attached hydrogens (primary N) is 1. The topological polar surface area (TPSA) is 116 Å². The van der Waals surface area contributed by atoms with Crippen LogP contribution in [0.2, 0.25) is 0 Å². The Morgan fingerprint density at radius 2 is 1.71 bits per heavy atom. The van der Waals surface area contributed by atoms with Crippen molar-refractivity contribution in [1.29, 1.82) is 0 Å². The molecule has 0 atom stereocenters. The number of anilines is 1. The van der Waals surface area contributed by atoms with E-state index in [-0.39, 0.29) is 62.1 Å². The number of nitrogens with one attached hydrogen (secondary N) is 1. The number of benzene rings is 2. The van der Waals surface area contributed by atoms with Gasteiger partial charge < -0.3 is 25.8 Å². The number of rotatable bonds is 8. The normalized spacial score (nSPS) is 18.9. The van der Waals surface area contributed by atoms with Crippen molar-refractivity contribution >= 4 is 29.3 Å². The summed E-state index contributed by atoms with van der Waals surface area (Å²) in [7, 11) is 0. The monoisotopic (exact) mass is 580 g/mol. The minimum absolute atomic E-state index is 0.00908. The summed E-state index contributed by atoms with van der Waals surface area (Å²) in [4.78, 5) is 56.8. The van der Waals surface area contributed by atoms with Gasteiger partial charge >= 0.3 is 0 Å². The molecule has 223 valence electrons.